The van der Waals surface area contributed by atoms with Gasteiger partial charge in [-0.25, -0.2) is 9.59 Å². The van der Waals surface area contributed by atoms with Crippen LogP contribution in [0.25, 0.3) is 11.4 Å². The molecule has 0 aliphatic rings. The largest absolute Gasteiger partial charge is 0.465 e. The summed E-state index contributed by atoms with van der Waals surface area (Å²) in [5.41, 5.74) is 1.56. The Bertz CT molecular complexity index is 1180. The molecule has 11 heteroatoms. The van der Waals surface area contributed by atoms with Gasteiger partial charge in [-0.15, -0.1) is 21.5 Å². The van der Waals surface area contributed by atoms with Crippen molar-refractivity contribution in [3.63, 3.8) is 0 Å². The highest BCUT2D eigenvalue weighted by Crippen LogP contribution is 2.31. The molecule has 2 heterocycles. The number of aromatic nitrogens is 3. The van der Waals surface area contributed by atoms with Gasteiger partial charge in [-0.1, -0.05) is 32.5 Å². The molecule has 3 aromatic rings. The summed E-state index contributed by atoms with van der Waals surface area (Å²) in [7, 11) is 2.48. The lowest BCUT2D eigenvalue weighted by Gasteiger charge is -2.10. The number of thioether (sulfide) groups is 1. The average Bonchev–Trinajstić information content (AvgIpc) is 3.49. The molecule has 35 heavy (non-hydrogen) atoms. The van der Waals surface area contributed by atoms with Gasteiger partial charge in [0.05, 0.1) is 31.1 Å². The average molecular weight is 517 g/mol. The number of nitrogens with one attached hydrogen (secondary N) is 1. The SMILES string of the molecule is CCCn1c(SCC(=O)Nc2cc(C(=O)OC)cc(C(=O)OC)c2)nnc1-c1csc(C(C)C)c1. The minimum absolute atomic E-state index is 0.0682. The summed E-state index contributed by atoms with van der Waals surface area (Å²) >= 11 is 2.97. The van der Waals surface area contributed by atoms with Gasteiger partial charge in [-0.3, -0.25) is 4.79 Å². The summed E-state index contributed by atoms with van der Waals surface area (Å²) in [5, 5.41) is 14.2. The second kappa shape index (κ2) is 12.0. The van der Waals surface area contributed by atoms with Gasteiger partial charge in [-0.05, 0) is 36.6 Å². The molecule has 0 radical (unpaired) electrons. The highest BCUT2D eigenvalue weighted by molar-refractivity contribution is 7.99. The number of anilines is 1. The highest BCUT2D eigenvalue weighted by atomic mass is 32.2. The quantitative estimate of drug-likeness (QED) is 0.301. The van der Waals surface area contributed by atoms with E-state index in [0.717, 1.165) is 24.4 Å². The number of benzene rings is 1. The number of rotatable bonds is 10. The van der Waals surface area contributed by atoms with Crippen LogP contribution in [0.3, 0.4) is 0 Å². The zero-order chi connectivity index (χ0) is 25.5. The molecule has 0 bridgehead atoms. The Kier molecular flexibility index (Phi) is 9.05. The van der Waals surface area contributed by atoms with Gasteiger partial charge >= 0.3 is 11.9 Å². The first kappa shape index (κ1) is 26.4. The fourth-order valence-corrected chi connectivity index (χ4v) is 4.97. The molecular formula is C24H28N4O5S2. The van der Waals surface area contributed by atoms with Crippen LogP contribution < -0.4 is 5.32 Å². The highest BCUT2D eigenvalue weighted by Gasteiger charge is 2.18. The molecule has 1 N–H and O–H groups in total. The third-order valence-corrected chi connectivity index (χ3v) is 7.20. The summed E-state index contributed by atoms with van der Waals surface area (Å²) in [6.45, 7) is 7.11. The first-order chi connectivity index (χ1) is 16.8. The van der Waals surface area contributed by atoms with Crippen LogP contribution in [0.4, 0.5) is 5.69 Å². The maximum absolute atomic E-state index is 12.7. The predicted octanol–water partition coefficient (Wildman–Crippen LogP) is 4.84. The van der Waals surface area contributed by atoms with E-state index >= 15 is 0 Å². The molecule has 1 aromatic carbocycles. The Morgan fingerprint density at radius 3 is 2.26 bits per heavy atom. The summed E-state index contributed by atoms with van der Waals surface area (Å²) < 4.78 is 11.5. The Hall–Kier alpha value is -3.18. The van der Waals surface area contributed by atoms with Gasteiger partial charge in [0.1, 0.15) is 0 Å². The van der Waals surface area contributed by atoms with E-state index in [-0.39, 0.29) is 28.5 Å². The number of hydrogen-bond acceptors (Lipinski definition) is 9. The Balaban J connectivity index is 1.75. The van der Waals surface area contributed by atoms with E-state index in [2.05, 4.69) is 47.7 Å². The van der Waals surface area contributed by atoms with Crippen LogP contribution in [-0.2, 0) is 20.8 Å². The summed E-state index contributed by atoms with van der Waals surface area (Å²) in [4.78, 5) is 37.9. The molecule has 9 nitrogen and oxygen atoms in total. The standard InChI is InChI=1S/C24H28N4O5S2/c1-6-7-28-21(17-11-19(14(2)3)34-12-17)26-27-24(28)35-13-20(29)25-18-9-15(22(30)32-4)8-16(10-18)23(31)33-5/h8-12,14H,6-7,13H2,1-5H3,(H,25,29). The molecule has 186 valence electrons. The van der Waals surface area contributed by atoms with Crippen LogP contribution in [0.2, 0.25) is 0 Å². The van der Waals surface area contributed by atoms with Crippen molar-refractivity contribution < 1.29 is 23.9 Å². The topological polar surface area (TPSA) is 112 Å². The minimum atomic E-state index is -0.630. The van der Waals surface area contributed by atoms with E-state index in [1.807, 2.05) is 4.57 Å². The lowest BCUT2D eigenvalue weighted by Crippen LogP contribution is -2.16. The van der Waals surface area contributed by atoms with Crippen LogP contribution in [0.1, 0.15) is 58.7 Å². The van der Waals surface area contributed by atoms with E-state index < -0.39 is 11.9 Å². The molecule has 3 rings (SSSR count). The van der Waals surface area contributed by atoms with Gasteiger partial charge in [0, 0.05) is 28.1 Å². The number of ether oxygens (including phenoxy) is 2. The molecule has 0 saturated heterocycles. The molecule has 0 aliphatic heterocycles. The zero-order valence-electron chi connectivity index (χ0n) is 20.3. The summed E-state index contributed by atoms with van der Waals surface area (Å²) in [5.74, 6) is -0.293. The molecule has 0 spiro atoms. The summed E-state index contributed by atoms with van der Waals surface area (Å²) in [6, 6.07) is 6.38. The van der Waals surface area contributed by atoms with Gasteiger partial charge < -0.3 is 19.4 Å². The van der Waals surface area contributed by atoms with Gasteiger partial charge in [0.25, 0.3) is 0 Å². The molecule has 0 atom stereocenters. The fourth-order valence-electron chi connectivity index (χ4n) is 3.31. The number of nitrogens with zero attached hydrogens (tertiary/aromatic N) is 3. The van der Waals surface area contributed by atoms with Crippen molar-refractivity contribution in [3.8, 4) is 11.4 Å². The van der Waals surface area contributed by atoms with Crippen molar-refractivity contribution >= 4 is 46.6 Å². The molecule has 0 saturated carbocycles. The first-order valence-electron chi connectivity index (χ1n) is 11.0. The van der Waals surface area contributed by atoms with Crippen LogP contribution in [0.5, 0.6) is 0 Å². The Labute approximate surface area is 212 Å². The normalized spacial score (nSPS) is 10.9. The Morgan fingerprint density at radius 1 is 1.06 bits per heavy atom. The van der Waals surface area contributed by atoms with Crippen molar-refractivity contribution in [1.29, 1.82) is 0 Å². The predicted molar refractivity (Wildman–Crippen MR) is 136 cm³/mol. The second-order valence-corrected chi connectivity index (χ2v) is 9.85. The molecule has 2 aromatic heterocycles. The number of hydrogen-bond donors (Lipinski definition) is 1. The number of esters is 2. The Morgan fingerprint density at radius 2 is 1.71 bits per heavy atom. The van der Waals surface area contributed by atoms with E-state index in [1.54, 1.807) is 11.3 Å². The lowest BCUT2D eigenvalue weighted by atomic mass is 10.1. The first-order valence-corrected chi connectivity index (χ1v) is 12.9. The smallest absolute Gasteiger partial charge is 0.337 e. The lowest BCUT2D eigenvalue weighted by molar-refractivity contribution is -0.113. The maximum atomic E-state index is 12.7. The van der Waals surface area contributed by atoms with Crippen molar-refractivity contribution in [2.75, 3.05) is 25.3 Å². The van der Waals surface area contributed by atoms with E-state index in [0.29, 0.717) is 11.1 Å². The van der Waals surface area contributed by atoms with E-state index in [4.69, 9.17) is 9.47 Å². The van der Waals surface area contributed by atoms with Crippen molar-refractivity contribution in [2.45, 2.75) is 44.8 Å². The molecule has 0 fully saturated rings. The fraction of sp³-hybridized carbons (Fsp3) is 0.375. The van der Waals surface area contributed by atoms with Crippen LogP contribution >= 0.6 is 23.1 Å². The number of methoxy groups -OCH3 is 2. The van der Waals surface area contributed by atoms with Gasteiger partial charge in [0.15, 0.2) is 11.0 Å². The third kappa shape index (κ3) is 6.49. The summed E-state index contributed by atoms with van der Waals surface area (Å²) in [6.07, 6.45) is 0.891. The monoisotopic (exact) mass is 516 g/mol. The van der Waals surface area contributed by atoms with Crippen LogP contribution in [-0.4, -0.2) is 52.6 Å². The molecule has 0 unspecified atom stereocenters. The third-order valence-electron chi connectivity index (χ3n) is 5.00. The van der Waals surface area contributed by atoms with E-state index in [1.165, 1.54) is 49.1 Å². The maximum Gasteiger partial charge on any atom is 0.337 e. The zero-order valence-corrected chi connectivity index (χ0v) is 21.9. The van der Waals surface area contributed by atoms with Crippen molar-refractivity contribution in [1.82, 2.24) is 14.8 Å². The van der Waals surface area contributed by atoms with Gasteiger partial charge in [-0.2, -0.15) is 0 Å². The van der Waals surface area contributed by atoms with Crippen LogP contribution in [0.15, 0.2) is 34.8 Å². The number of carbonyl (C=O) groups is 3. The van der Waals surface area contributed by atoms with Crippen molar-refractivity contribution in [2.24, 2.45) is 0 Å². The number of amides is 1. The number of carbonyl (C=O) groups excluding carboxylic acids is 3. The van der Waals surface area contributed by atoms with Crippen LogP contribution in [0, 0.1) is 0 Å². The van der Waals surface area contributed by atoms with E-state index in [9.17, 15) is 14.4 Å². The molecule has 0 aliphatic carbocycles. The molecular weight excluding hydrogens is 488 g/mol. The van der Waals surface area contributed by atoms with Gasteiger partial charge in [0.2, 0.25) is 5.91 Å². The second-order valence-electron chi connectivity index (χ2n) is 7.97. The molecule has 1 amide bonds. The van der Waals surface area contributed by atoms with Crippen molar-refractivity contribution in [3.05, 3.63) is 45.6 Å². The minimum Gasteiger partial charge on any atom is -0.465 e. The number of thiophene rings is 1.